The third-order valence-electron chi connectivity index (χ3n) is 3.87. The van der Waals surface area contributed by atoms with Gasteiger partial charge in [-0.15, -0.1) is 0 Å². The highest BCUT2D eigenvalue weighted by molar-refractivity contribution is 6.21. The van der Waals surface area contributed by atoms with E-state index in [2.05, 4.69) is 33.1 Å². The fraction of sp³-hybridized carbons (Fsp3) is 0.375. The van der Waals surface area contributed by atoms with Gasteiger partial charge >= 0.3 is 6.03 Å². The molecule has 2 unspecified atom stereocenters. The summed E-state index contributed by atoms with van der Waals surface area (Å²) in [7, 11) is 0. The minimum absolute atomic E-state index is 0.230. The molecule has 1 aromatic rings. The van der Waals surface area contributed by atoms with Crippen LogP contribution >= 0.6 is 11.6 Å². The first-order valence-corrected chi connectivity index (χ1v) is 7.90. The Balaban J connectivity index is 1.54. The van der Waals surface area contributed by atoms with Crippen molar-refractivity contribution in [1.29, 1.82) is 0 Å². The number of hydrogen-bond donors (Lipinski definition) is 3. The number of carbonyl (C=O) groups excluding carboxylic acids is 1. The number of carbonyl (C=O) groups is 1. The van der Waals surface area contributed by atoms with Crippen molar-refractivity contribution < 1.29 is 4.79 Å². The van der Waals surface area contributed by atoms with Gasteiger partial charge in [0, 0.05) is 24.9 Å². The Morgan fingerprint density at radius 3 is 2.73 bits per heavy atom. The number of amides is 2. The van der Waals surface area contributed by atoms with E-state index in [1.54, 1.807) is 6.21 Å². The molecule has 2 aliphatic rings. The zero-order valence-corrected chi connectivity index (χ0v) is 12.9. The van der Waals surface area contributed by atoms with Gasteiger partial charge < -0.3 is 16.0 Å². The van der Waals surface area contributed by atoms with E-state index in [4.69, 9.17) is 11.6 Å². The second-order valence-electron chi connectivity index (χ2n) is 5.50. The first kappa shape index (κ1) is 15.1. The molecule has 1 saturated heterocycles. The first-order chi connectivity index (χ1) is 10.7. The van der Waals surface area contributed by atoms with Gasteiger partial charge in [-0.2, -0.15) is 0 Å². The lowest BCUT2D eigenvalue weighted by atomic mass is 9.98. The predicted molar refractivity (Wildman–Crippen MR) is 89.7 cm³/mol. The van der Waals surface area contributed by atoms with Crippen LogP contribution in [0.5, 0.6) is 0 Å². The Morgan fingerprint density at radius 2 is 2.09 bits per heavy atom. The molecule has 116 valence electrons. The van der Waals surface area contributed by atoms with Crippen molar-refractivity contribution >= 4 is 29.5 Å². The molecular formula is C16H19ClN4O. The van der Waals surface area contributed by atoms with Crippen LogP contribution < -0.4 is 16.0 Å². The molecule has 0 aliphatic carbocycles. The number of alkyl halides is 1. The molecule has 1 fully saturated rings. The van der Waals surface area contributed by atoms with Gasteiger partial charge in [0.25, 0.3) is 0 Å². The predicted octanol–water partition coefficient (Wildman–Crippen LogP) is 2.81. The van der Waals surface area contributed by atoms with E-state index in [0.29, 0.717) is 18.0 Å². The molecule has 0 saturated carbocycles. The lowest BCUT2D eigenvalue weighted by molar-refractivity contribution is 0.254. The van der Waals surface area contributed by atoms with Crippen LogP contribution in [-0.2, 0) is 0 Å². The second-order valence-corrected chi connectivity index (χ2v) is 6.00. The highest BCUT2D eigenvalue weighted by Crippen LogP contribution is 2.23. The number of benzene rings is 1. The SMILES string of the molecule is O=C(NC1=CCC(Cl)N=C1)Nc1ccc(C2CCNC2)cc1. The molecule has 2 heterocycles. The molecule has 0 aromatic heterocycles. The number of nitrogens with one attached hydrogen (secondary N) is 3. The van der Waals surface area contributed by atoms with Gasteiger partial charge in [-0.1, -0.05) is 29.8 Å². The van der Waals surface area contributed by atoms with Crippen molar-refractivity contribution in [1.82, 2.24) is 10.6 Å². The first-order valence-electron chi connectivity index (χ1n) is 7.47. The van der Waals surface area contributed by atoms with Gasteiger partial charge in [0.2, 0.25) is 0 Å². The number of aliphatic imine (C=N–C) groups is 1. The molecule has 2 atom stereocenters. The van der Waals surface area contributed by atoms with Crippen LogP contribution in [0.25, 0.3) is 0 Å². The quantitative estimate of drug-likeness (QED) is 0.592. The van der Waals surface area contributed by atoms with Crippen LogP contribution in [0.4, 0.5) is 10.5 Å². The zero-order valence-electron chi connectivity index (χ0n) is 12.2. The number of allylic oxidation sites excluding steroid dienone is 1. The van der Waals surface area contributed by atoms with Crippen LogP contribution in [0.3, 0.4) is 0 Å². The molecule has 3 rings (SSSR count). The lowest BCUT2D eigenvalue weighted by Gasteiger charge is -2.13. The van der Waals surface area contributed by atoms with Crippen LogP contribution in [0.2, 0.25) is 0 Å². The number of hydrogen-bond acceptors (Lipinski definition) is 3. The number of halogens is 1. The van der Waals surface area contributed by atoms with E-state index >= 15 is 0 Å². The molecule has 5 nitrogen and oxygen atoms in total. The highest BCUT2D eigenvalue weighted by Gasteiger charge is 2.16. The minimum atomic E-state index is -0.277. The van der Waals surface area contributed by atoms with E-state index in [9.17, 15) is 4.79 Å². The Hall–Kier alpha value is -1.85. The van der Waals surface area contributed by atoms with Gasteiger partial charge in [0.15, 0.2) is 0 Å². The molecule has 2 amide bonds. The summed E-state index contributed by atoms with van der Waals surface area (Å²) < 4.78 is 0. The molecule has 2 aliphatic heterocycles. The van der Waals surface area contributed by atoms with Crippen LogP contribution in [0.15, 0.2) is 41.0 Å². The lowest BCUT2D eigenvalue weighted by Crippen LogP contribution is -2.29. The van der Waals surface area contributed by atoms with E-state index in [-0.39, 0.29) is 11.5 Å². The maximum absolute atomic E-state index is 11.9. The van der Waals surface area contributed by atoms with Crippen molar-refractivity contribution in [2.45, 2.75) is 24.3 Å². The third kappa shape index (κ3) is 3.87. The number of dihydropyridines is 1. The summed E-state index contributed by atoms with van der Waals surface area (Å²) in [6.45, 7) is 2.11. The fourth-order valence-corrected chi connectivity index (χ4v) is 2.80. The van der Waals surface area contributed by atoms with Gasteiger partial charge in [-0.3, -0.25) is 4.99 Å². The minimum Gasteiger partial charge on any atom is -0.316 e. The molecule has 6 heteroatoms. The van der Waals surface area contributed by atoms with Crippen LogP contribution in [-0.4, -0.2) is 30.8 Å². The number of rotatable bonds is 3. The van der Waals surface area contributed by atoms with Crippen molar-refractivity contribution in [2.24, 2.45) is 4.99 Å². The van der Waals surface area contributed by atoms with Gasteiger partial charge in [-0.05, 0) is 36.6 Å². The van der Waals surface area contributed by atoms with E-state index < -0.39 is 0 Å². The van der Waals surface area contributed by atoms with Crippen molar-refractivity contribution in [3.05, 3.63) is 41.6 Å². The average molecular weight is 319 g/mol. The Bertz CT molecular complexity index is 591. The van der Waals surface area contributed by atoms with Crippen molar-refractivity contribution in [3.8, 4) is 0 Å². The molecule has 22 heavy (non-hydrogen) atoms. The Morgan fingerprint density at radius 1 is 1.27 bits per heavy atom. The Kier molecular flexibility index (Phi) is 4.75. The summed E-state index contributed by atoms with van der Waals surface area (Å²) in [5.74, 6) is 0.579. The summed E-state index contributed by atoms with van der Waals surface area (Å²) in [5, 5.41) is 8.93. The molecule has 1 aromatic carbocycles. The van der Waals surface area contributed by atoms with Gasteiger partial charge in [0.1, 0.15) is 5.50 Å². The normalized spacial score (nSPS) is 24.0. The fourth-order valence-electron chi connectivity index (χ4n) is 2.65. The monoisotopic (exact) mass is 318 g/mol. The zero-order chi connectivity index (χ0) is 15.4. The summed E-state index contributed by atoms with van der Waals surface area (Å²) in [4.78, 5) is 16.0. The number of nitrogens with zero attached hydrogens (tertiary/aromatic N) is 1. The van der Waals surface area contributed by atoms with Crippen molar-refractivity contribution in [3.63, 3.8) is 0 Å². The maximum Gasteiger partial charge on any atom is 0.323 e. The van der Waals surface area contributed by atoms with Crippen LogP contribution in [0.1, 0.15) is 24.3 Å². The van der Waals surface area contributed by atoms with E-state index in [1.165, 1.54) is 12.0 Å². The van der Waals surface area contributed by atoms with Gasteiger partial charge in [0.05, 0.1) is 5.70 Å². The summed E-state index contributed by atoms with van der Waals surface area (Å²) in [6.07, 6.45) is 5.23. The maximum atomic E-state index is 11.9. The van der Waals surface area contributed by atoms with E-state index in [1.807, 2.05) is 18.2 Å². The second kappa shape index (κ2) is 6.94. The summed E-state index contributed by atoms with van der Waals surface area (Å²) >= 11 is 5.84. The number of urea groups is 1. The summed E-state index contributed by atoms with van der Waals surface area (Å²) in [5.41, 5.74) is 2.52. The van der Waals surface area contributed by atoms with E-state index in [0.717, 1.165) is 18.8 Å². The smallest absolute Gasteiger partial charge is 0.316 e. The van der Waals surface area contributed by atoms with Crippen LogP contribution in [0, 0.1) is 0 Å². The standard InChI is InChI=1S/C16H19ClN4O/c17-15-6-5-14(10-19-15)21-16(22)20-13-3-1-11(2-4-13)12-7-8-18-9-12/h1-5,10,12,15,18H,6-9H2,(H2,20,21,22). The average Bonchev–Trinajstić information content (AvgIpc) is 3.05. The largest absolute Gasteiger partial charge is 0.323 e. The summed E-state index contributed by atoms with van der Waals surface area (Å²) in [6, 6.07) is 7.75. The molecule has 0 bridgehead atoms. The molecule has 0 radical (unpaired) electrons. The molecular weight excluding hydrogens is 300 g/mol. The Labute approximate surface area is 134 Å². The topological polar surface area (TPSA) is 65.5 Å². The molecule has 0 spiro atoms. The van der Waals surface area contributed by atoms with Crippen molar-refractivity contribution in [2.75, 3.05) is 18.4 Å². The van der Waals surface area contributed by atoms with Gasteiger partial charge in [-0.25, -0.2) is 4.79 Å². The third-order valence-corrected chi connectivity index (χ3v) is 4.16. The number of anilines is 1. The molecule has 3 N–H and O–H groups in total. The highest BCUT2D eigenvalue weighted by atomic mass is 35.5.